The fraction of sp³-hybridized carbons (Fsp3) is 0.778. The van der Waals surface area contributed by atoms with E-state index in [1.54, 1.807) is 0 Å². The number of carbonyl (C=O) groups is 2. The van der Waals surface area contributed by atoms with Gasteiger partial charge in [0.2, 0.25) is 0 Å². The average molecular weight is 423 g/mol. The molecule has 0 saturated heterocycles. The zero-order chi connectivity index (χ0) is 22.5. The third-order valence-corrected chi connectivity index (χ3v) is 4.99. The zero-order valence-electron chi connectivity index (χ0n) is 20.1. The van der Waals surface area contributed by atoms with Crippen LogP contribution in [0.5, 0.6) is 0 Å². The van der Waals surface area contributed by atoms with Gasteiger partial charge in [0.1, 0.15) is 6.29 Å². The monoisotopic (exact) mass is 422 g/mol. The number of hydrogen-bond donors (Lipinski definition) is 1. The van der Waals surface area contributed by atoms with E-state index in [9.17, 15) is 9.59 Å². The van der Waals surface area contributed by atoms with Gasteiger partial charge in [0.05, 0.1) is 0 Å². The molecule has 0 amide bonds. The van der Waals surface area contributed by atoms with Gasteiger partial charge in [-0.3, -0.25) is 4.79 Å². The smallest absolute Gasteiger partial charge is 0.303 e. The van der Waals surface area contributed by atoms with Crippen LogP contribution in [0.1, 0.15) is 136 Å². The molecule has 0 bridgehead atoms. The fourth-order valence-corrected chi connectivity index (χ4v) is 3.08. The van der Waals surface area contributed by atoms with E-state index in [2.05, 4.69) is 38.2 Å². The van der Waals surface area contributed by atoms with Crippen LogP contribution in [0.2, 0.25) is 0 Å². The molecule has 3 heteroatoms. The third kappa shape index (κ3) is 34.1. The maximum atomic E-state index is 10.3. The highest BCUT2D eigenvalue weighted by Crippen LogP contribution is 2.10. The highest BCUT2D eigenvalue weighted by Gasteiger charge is 1.96. The molecule has 0 fully saturated rings. The van der Waals surface area contributed by atoms with Gasteiger partial charge in [0, 0.05) is 12.8 Å². The SMILES string of the molecule is CCCCC/C=C\CCC=O.CCCCC/C=C\CCCCCCCCCC(=O)O. The predicted molar refractivity (Wildman–Crippen MR) is 131 cm³/mol. The molecule has 0 spiro atoms. The number of aldehydes is 1. The minimum Gasteiger partial charge on any atom is -0.481 e. The van der Waals surface area contributed by atoms with Gasteiger partial charge in [-0.05, 0) is 51.4 Å². The van der Waals surface area contributed by atoms with Crippen molar-refractivity contribution in [2.75, 3.05) is 0 Å². The minimum atomic E-state index is -0.661. The van der Waals surface area contributed by atoms with Crippen molar-refractivity contribution < 1.29 is 14.7 Å². The highest BCUT2D eigenvalue weighted by atomic mass is 16.4. The minimum absolute atomic E-state index is 0.336. The van der Waals surface area contributed by atoms with Gasteiger partial charge in [-0.2, -0.15) is 0 Å². The van der Waals surface area contributed by atoms with Crippen LogP contribution in [0.25, 0.3) is 0 Å². The maximum absolute atomic E-state index is 10.3. The Morgan fingerprint density at radius 3 is 1.40 bits per heavy atom. The number of unbranched alkanes of at least 4 members (excludes halogenated alkanes) is 14. The molecule has 176 valence electrons. The van der Waals surface area contributed by atoms with E-state index in [-0.39, 0.29) is 0 Å². The summed E-state index contributed by atoms with van der Waals surface area (Å²) in [6, 6.07) is 0. The van der Waals surface area contributed by atoms with Crippen molar-refractivity contribution in [1.82, 2.24) is 0 Å². The van der Waals surface area contributed by atoms with Crippen LogP contribution >= 0.6 is 0 Å². The summed E-state index contributed by atoms with van der Waals surface area (Å²) in [4.78, 5) is 20.2. The Kier molecular flexibility index (Phi) is 30.6. The number of carboxylic acid groups (broad SMARTS) is 1. The van der Waals surface area contributed by atoms with Gasteiger partial charge < -0.3 is 9.90 Å². The lowest BCUT2D eigenvalue weighted by Crippen LogP contribution is -1.93. The maximum Gasteiger partial charge on any atom is 0.303 e. The summed E-state index contributed by atoms with van der Waals surface area (Å²) in [5.74, 6) is -0.661. The summed E-state index contributed by atoms with van der Waals surface area (Å²) in [7, 11) is 0. The summed E-state index contributed by atoms with van der Waals surface area (Å²) in [5, 5.41) is 8.50. The van der Waals surface area contributed by atoms with E-state index < -0.39 is 5.97 Å². The number of allylic oxidation sites excluding steroid dienone is 4. The molecule has 0 unspecified atom stereocenters. The van der Waals surface area contributed by atoms with Crippen LogP contribution in [-0.2, 0) is 9.59 Å². The lowest BCUT2D eigenvalue weighted by Gasteiger charge is -2.00. The Morgan fingerprint density at radius 1 is 0.567 bits per heavy atom. The fourth-order valence-electron chi connectivity index (χ4n) is 3.08. The van der Waals surface area contributed by atoms with Gasteiger partial charge in [-0.1, -0.05) is 95.9 Å². The van der Waals surface area contributed by atoms with Crippen molar-refractivity contribution in [3.8, 4) is 0 Å². The molecule has 0 aromatic heterocycles. The normalized spacial score (nSPS) is 11.0. The number of rotatable bonds is 21. The first kappa shape index (κ1) is 30.8. The Bertz CT molecular complexity index is 399. The van der Waals surface area contributed by atoms with Crippen molar-refractivity contribution in [2.45, 2.75) is 136 Å². The van der Waals surface area contributed by atoms with Crippen LogP contribution in [-0.4, -0.2) is 17.4 Å². The van der Waals surface area contributed by atoms with E-state index in [0.29, 0.717) is 12.8 Å². The van der Waals surface area contributed by atoms with Crippen molar-refractivity contribution in [2.24, 2.45) is 0 Å². The number of aliphatic carboxylic acids is 1. The molecule has 1 N–H and O–H groups in total. The summed E-state index contributed by atoms with van der Waals surface area (Å²) >= 11 is 0. The van der Waals surface area contributed by atoms with Gasteiger partial charge >= 0.3 is 5.97 Å². The molecule has 0 radical (unpaired) electrons. The second-order valence-corrected chi connectivity index (χ2v) is 8.09. The molecule has 0 aliphatic carbocycles. The second-order valence-electron chi connectivity index (χ2n) is 8.09. The first-order valence-electron chi connectivity index (χ1n) is 12.6. The summed E-state index contributed by atoms with van der Waals surface area (Å²) < 4.78 is 0. The van der Waals surface area contributed by atoms with Gasteiger partial charge in [-0.25, -0.2) is 0 Å². The van der Waals surface area contributed by atoms with E-state index in [1.165, 1.54) is 89.9 Å². The molecular weight excluding hydrogens is 372 g/mol. The standard InChI is InChI=1S/C17H32O2.C10H18O/c1-2-3-4-5-6-7-8-9-10-11-12-13-14-15-16-17(18)19;1-2-3-4-5-6-7-8-9-10-11/h6-7H,2-5,8-16H2,1H3,(H,18,19);6-7,10H,2-5,8-9H2,1H3/b2*7-6-. The lowest BCUT2D eigenvalue weighted by atomic mass is 10.1. The Balaban J connectivity index is 0. The van der Waals surface area contributed by atoms with Crippen LogP contribution in [0, 0.1) is 0 Å². The molecule has 0 heterocycles. The Hall–Kier alpha value is -1.38. The highest BCUT2D eigenvalue weighted by molar-refractivity contribution is 5.66. The predicted octanol–water partition coefficient (Wildman–Crippen LogP) is 8.82. The average Bonchev–Trinajstić information content (AvgIpc) is 2.74. The quantitative estimate of drug-likeness (QED) is 0.114. The van der Waals surface area contributed by atoms with Gasteiger partial charge in [-0.15, -0.1) is 0 Å². The molecule has 30 heavy (non-hydrogen) atoms. The van der Waals surface area contributed by atoms with Crippen molar-refractivity contribution in [3.05, 3.63) is 24.3 Å². The van der Waals surface area contributed by atoms with Crippen LogP contribution in [0.3, 0.4) is 0 Å². The third-order valence-electron chi connectivity index (χ3n) is 4.99. The summed E-state index contributed by atoms with van der Waals surface area (Å²) in [6.07, 6.45) is 31.7. The lowest BCUT2D eigenvalue weighted by molar-refractivity contribution is -0.137. The summed E-state index contributed by atoms with van der Waals surface area (Å²) in [5.41, 5.74) is 0. The van der Waals surface area contributed by atoms with E-state index in [1.807, 2.05) is 0 Å². The van der Waals surface area contributed by atoms with E-state index >= 15 is 0 Å². The van der Waals surface area contributed by atoms with E-state index in [0.717, 1.165) is 25.5 Å². The Morgan fingerprint density at radius 2 is 0.967 bits per heavy atom. The number of hydrogen-bond acceptors (Lipinski definition) is 2. The van der Waals surface area contributed by atoms with Crippen LogP contribution < -0.4 is 0 Å². The zero-order valence-corrected chi connectivity index (χ0v) is 20.1. The van der Waals surface area contributed by atoms with Crippen LogP contribution in [0.4, 0.5) is 0 Å². The molecule has 0 aromatic carbocycles. The van der Waals surface area contributed by atoms with Crippen molar-refractivity contribution in [3.63, 3.8) is 0 Å². The van der Waals surface area contributed by atoms with Crippen molar-refractivity contribution >= 4 is 12.3 Å². The molecule has 0 aliphatic heterocycles. The van der Waals surface area contributed by atoms with Crippen molar-refractivity contribution in [1.29, 1.82) is 0 Å². The topological polar surface area (TPSA) is 54.4 Å². The molecule has 0 saturated carbocycles. The molecule has 0 rings (SSSR count). The molecule has 0 atom stereocenters. The molecule has 0 aromatic rings. The summed E-state index contributed by atoms with van der Waals surface area (Å²) in [6.45, 7) is 4.45. The number of carbonyl (C=O) groups excluding carboxylic acids is 1. The Labute approximate surface area is 187 Å². The molecule has 0 aliphatic rings. The molecular formula is C27H50O3. The van der Waals surface area contributed by atoms with Gasteiger partial charge in [0.25, 0.3) is 0 Å². The first-order chi connectivity index (χ1) is 14.7. The largest absolute Gasteiger partial charge is 0.481 e. The molecule has 3 nitrogen and oxygen atoms in total. The number of carboxylic acids is 1. The van der Waals surface area contributed by atoms with Crippen LogP contribution in [0.15, 0.2) is 24.3 Å². The van der Waals surface area contributed by atoms with Gasteiger partial charge in [0.15, 0.2) is 0 Å². The first-order valence-corrected chi connectivity index (χ1v) is 12.6. The second kappa shape index (κ2) is 29.8. The van der Waals surface area contributed by atoms with E-state index in [4.69, 9.17) is 5.11 Å².